The zero-order valence-electron chi connectivity index (χ0n) is 16.6. The number of nitrogens with one attached hydrogen (secondary N) is 1. The Morgan fingerprint density at radius 2 is 1.90 bits per heavy atom. The molecule has 9 heteroatoms. The first-order chi connectivity index (χ1) is 15.0. The molecule has 0 aliphatic carbocycles. The monoisotopic (exact) mass is 426 g/mol. The fourth-order valence-corrected chi connectivity index (χ4v) is 3.32. The van der Waals surface area contributed by atoms with Crippen LogP contribution in [0.25, 0.3) is 10.9 Å². The summed E-state index contributed by atoms with van der Waals surface area (Å²) >= 11 is 0. The second-order valence-electron chi connectivity index (χ2n) is 7.15. The minimum Gasteiger partial charge on any atom is -0.439 e. The molecule has 0 spiro atoms. The molecule has 0 unspecified atom stereocenters. The number of hydrogen-bond donors (Lipinski definition) is 1. The first-order valence-corrected chi connectivity index (χ1v) is 9.88. The molecule has 1 aliphatic heterocycles. The number of pyridine rings is 2. The molecule has 0 atom stereocenters. The van der Waals surface area contributed by atoms with Crippen molar-refractivity contribution in [1.82, 2.24) is 20.2 Å². The third kappa shape index (κ3) is 4.93. The van der Waals surface area contributed by atoms with Crippen molar-refractivity contribution in [2.75, 3.05) is 19.6 Å². The third-order valence-electron chi connectivity index (χ3n) is 4.99. The summed E-state index contributed by atoms with van der Waals surface area (Å²) in [6, 6.07) is 11.0. The molecule has 160 valence electrons. The van der Waals surface area contributed by atoms with Crippen LogP contribution in [0, 0.1) is 0 Å². The van der Waals surface area contributed by atoms with Gasteiger partial charge >= 0.3 is 0 Å². The van der Waals surface area contributed by atoms with Gasteiger partial charge in [0.2, 0.25) is 11.8 Å². The topological polar surface area (TPSA) is 84.4 Å². The first kappa shape index (κ1) is 20.6. The first-order valence-electron chi connectivity index (χ1n) is 9.88. The number of halogens is 2. The molecule has 7 nitrogen and oxygen atoms in total. The van der Waals surface area contributed by atoms with Crippen LogP contribution in [0.15, 0.2) is 48.7 Å². The fourth-order valence-electron chi connectivity index (χ4n) is 3.32. The number of aromatic nitrogens is 2. The number of nitrogens with zero attached hydrogens (tertiary/aromatic N) is 3. The predicted octanol–water partition coefficient (Wildman–Crippen LogP) is 3.71. The van der Waals surface area contributed by atoms with Crippen molar-refractivity contribution < 1.29 is 23.1 Å². The number of carbonyl (C=O) groups is 2. The maximum atomic E-state index is 12.6. The van der Waals surface area contributed by atoms with Crippen LogP contribution >= 0.6 is 0 Å². The van der Waals surface area contributed by atoms with Crippen LogP contribution in [0.1, 0.15) is 35.3 Å². The fraction of sp³-hybridized carbons (Fsp3) is 0.273. The molecule has 31 heavy (non-hydrogen) atoms. The lowest BCUT2D eigenvalue weighted by Gasteiger charge is -2.15. The lowest BCUT2D eigenvalue weighted by atomic mass is 10.2. The van der Waals surface area contributed by atoms with E-state index in [1.807, 2.05) is 0 Å². The minimum absolute atomic E-state index is 0.0529. The molecule has 1 N–H and O–H groups in total. The molecule has 1 fully saturated rings. The Kier molecular flexibility index (Phi) is 6.01. The Labute approximate surface area is 177 Å². The van der Waals surface area contributed by atoms with Crippen LogP contribution in [0.4, 0.5) is 8.78 Å². The molecule has 1 aliphatic rings. The number of carbonyl (C=O) groups excluding carboxylic acids is 2. The van der Waals surface area contributed by atoms with Gasteiger partial charge in [-0.25, -0.2) is 18.7 Å². The van der Waals surface area contributed by atoms with Crippen molar-refractivity contribution in [2.24, 2.45) is 0 Å². The van der Waals surface area contributed by atoms with E-state index >= 15 is 0 Å². The lowest BCUT2D eigenvalue weighted by molar-refractivity contribution is -0.129. The average Bonchev–Trinajstić information content (AvgIpc) is 3.32. The van der Waals surface area contributed by atoms with E-state index in [0.29, 0.717) is 11.3 Å². The van der Waals surface area contributed by atoms with Crippen LogP contribution in [0.2, 0.25) is 0 Å². The Bertz CT molecular complexity index is 1100. The van der Waals surface area contributed by atoms with E-state index in [1.54, 1.807) is 35.2 Å². The number of benzene rings is 1. The van der Waals surface area contributed by atoms with Gasteiger partial charge < -0.3 is 15.0 Å². The zero-order valence-corrected chi connectivity index (χ0v) is 16.6. The number of ether oxygens (including phenoxy) is 1. The van der Waals surface area contributed by atoms with Crippen LogP contribution in [0.5, 0.6) is 11.6 Å². The highest BCUT2D eigenvalue weighted by Crippen LogP contribution is 2.25. The zero-order chi connectivity index (χ0) is 21.8. The Morgan fingerprint density at radius 3 is 2.61 bits per heavy atom. The molecule has 0 bridgehead atoms. The largest absolute Gasteiger partial charge is 0.439 e. The normalized spacial score (nSPS) is 13.6. The molecule has 1 aromatic carbocycles. The summed E-state index contributed by atoms with van der Waals surface area (Å²) in [5.74, 6) is 0.136. The van der Waals surface area contributed by atoms with Gasteiger partial charge in [-0.2, -0.15) is 0 Å². The van der Waals surface area contributed by atoms with Crippen molar-refractivity contribution in [1.29, 1.82) is 0 Å². The van der Waals surface area contributed by atoms with E-state index in [9.17, 15) is 18.4 Å². The van der Waals surface area contributed by atoms with Crippen molar-refractivity contribution >= 4 is 22.7 Å². The second-order valence-corrected chi connectivity index (χ2v) is 7.15. The minimum atomic E-state index is -2.59. The van der Waals surface area contributed by atoms with Gasteiger partial charge in [-0.3, -0.25) is 9.59 Å². The van der Waals surface area contributed by atoms with Gasteiger partial charge in [0.15, 0.2) is 0 Å². The van der Waals surface area contributed by atoms with Crippen molar-refractivity contribution in [2.45, 2.75) is 19.3 Å². The van der Waals surface area contributed by atoms with Crippen LogP contribution < -0.4 is 10.1 Å². The number of fused-ring (bicyclic) bond motifs is 1. The summed E-state index contributed by atoms with van der Waals surface area (Å²) in [5.41, 5.74) is 0.606. The van der Waals surface area contributed by atoms with Gasteiger partial charge in [-0.05, 0) is 43.2 Å². The van der Waals surface area contributed by atoms with E-state index < -0.39 is 12.3 Å². The molecule has 3 aromatic rings. The SMILES string of the molecule is O=C(NCC(=O)N1CCCC1)c1ccc2cc(Oc3ccc(C(F)F)cn3)ccc2n1. The third-order valence-corrected chi connectivity index (χ3v) is 4.99. The summed E-state index contributed by atoms with van der Waals surface area (Å²) in [6.45, 7) is 1.42. The lowest BCUT2D eigenvalue weighted by Crippen LogP contribution is -2.38. The van der Waals surface area contributed by atoms with Crippen LogP contribution in [-0.4, -0.2) is 46.3 Å². The summed E-state index contributed by atoms with van der Waals surface area (Å²) in [5, 5.41) is 3.35. The highest BCUT2D eigenvalue weighted by Gasteiger charge is 2.19. The molecule has 4 rings (SSSR count). The summed E-state index contributed by atoms with van der Waals surface area (Å²) in [4.78, 5) is 34.4. The van der Waals surface area contributed by atoms with E-state index in [4.69, 9.17) is 4.74 Å². The predicted molar refractivity (Wildman–Crippen MR) is 109 cm³/mol. The number of amides is 2. The van der Waals surface area contributed by atoms with Crippen LogP contribution in [0.3, 0.4) is 0 Å². The van der Waals surface area contributed by atoms with E-state index in [0.717, 1.165) is 37.5 Å². The van der Waals surface area contributed by atoms with Gasteiger partial charge in [0.05, 0.1) is 12.1 Å². The molecule has 2 aromatic heterocycles. The average molecular weight is 426 g/mol. The summed E-state index contributed by atoms with van der Waals surface area (Å²) in [6.07, 6.45) is 0.476. The smallest absolute Gasteiger partial charge is 0.270 e. The number of alkyl halides is 2. The summed E-state index contributed by atoms with van der Waals surface area (Å²) in [7, 11) is 0. The molecular weight excluding hydrogens is 406 g/mol. The second kappa shape index (κ2) is 9.03. The van der Waals surface area contributed by atoms with Gasteiger partial charge in [-0.15, -0.1) is 0 Å². The molecule has 2 amide bonds. The Balaban J connectivity index is 1.41. The van der Waals surface area contributed by atoms with Crippen molar-refractivity contribution in [3.05, 3.63) is 59.9 Å². The summed E-state index contributed by atoms with van der Waals surface area (Å²) < 4.78 is 30.8. The van der Waals surface area contributed by atoms with Crippen molar-refractivity contribution in [3.63, 3.8) is 0 Å². The molecule has 1 saturated heterocycles. The highest BCUT2D eigenvalue weighted by molar-refractivity contribution is 5.97. The van der Waals surface area contributed by atoms with Gasteiger partial charge in [0.1, 0.15) is 11.4 Å². The van der Waals surface area contributed by atoms with Crippen LogP contribution in [-0.2, 0) is 4.79 Å². The van der Waals surface area contributed by atoms with Gasteiger partial charge in [0, 0.05) is 36.3 Å². The van der Waals surface area contributed by atoms with E-state index in [1.165, 1.54) is 12.1 Å². The Hall–Kier alpha value is -3.62. The highest BCUT2D eigenvalue weighted by atomic mass is 19.3. The standard InChI is InChI=1S/C22H20F2N4O3/c23-21(24)15-4-8-19(25-12-15)31-16-5-7-17-14(11-16)3-6-18(27-17)22(30)26-13-20(29)28-9-1-2-10-28/h3-8,11-12,21H,1-2,9-10,13H2,(H,26,30). The van der Waals surface area contributed by atoms with Crippen molar-refractivity contribution in [3.8, 4) is 11.6 Å². The molecular formula is C22H20F2N4O3. The Morgan fingerprint density at radius 1 is 1.10 bits per heavy atom. The molecule has 0 saturated carbocycles. The molecule has 3 heterocycles. The van der Waals surface area contributed by atoms with E-state index in [2.05, 4.69) is 15.3 Å². The maximum Gasteiger partial charge on any atom is 0.270 e. The van der Waals surface area contributed by atoms with Gasteiger partial charge in [-0.1, -0.05) is 6.07 Å². The number of likely N-dealkylation sites (tertiary alicyclic amines) is 1. The van der Waals surface area contributed by atoms with Gasteiger partial charge in [0.25, 0.3) is 12.3 Å². The number of rotatable bonds is 6. The quantitative estimate of drug-likeness (QED) is 0.650. The molecule has 0 radical (unpaired) electrons. The maximum absolute atomic E-state index is 12.6. The van der Waals surface area contributed by atoms with E-state index in [-0.39, 0.29) is 29.6 Å². The number of hydrogen-bond acceptors (Lipinski definition) is 5.